The van der Waals surface area contributed by atoms with Crippen molar-refractivity contribution in [2.45, 2.75) is 6.61 Å². The highest BCUT2D eigenvalue weighted by Crippen LogP contribution is 2.31. The molecule has 0 radical (unpaired) electrons. The van der Waals surface area contributed by atoms with E-state index >= 15 is 0 Å². The van der Waals surface area contributed by atoms with E-state index in [1.165, 1.54) is 32.4 Å². The van der Waals surface area contributed by atoms with Crippen LogP contribution >= 0.6 is 0 Å². The molecule has 0 aromatic heterocycles. The minimum absolute atomic E-state index is 0.0726. The lowest BCUT2D eigenvalue weighted by Crippen LogP contribution is -2.02. The van der Waals surface area contributed by atoms with Crippen LogP contribution in [0.5, 0.6) is 11.5 Å². The highest BCUT2D eigenvalue weighted by molar-refractivity contribution is 5.89. The van der Waals surface area contributed by atoms with Crippen LogP contribution in [0.25, 0.3) is 0 Å². The number of ether oxygens (including phenoxy) is 3. The van der Waals surface area contributed by atoms with Crippen molar-refractivity contribution in [2.75, 3.05) is 14.2 Å². The summed E-state index contributed by atoms with van der Waals surface area (Å²) in [5.41, 5.74) is 1.21. The minimum atomic E-state index is -0.502. The molecule has 0 N–H and O–H groups in total. The van der Waals surface area contributed by atoms with Gasteiger partial charge in [0.2, 0.25) is 0 Å². The maximum atomic E-state index is 11.3. The zero-order valence-corrected chi connectivity index (χ0v) is 12.6. The number of hydrogen-bond donors (Lipinski definition) is 0. The van der Waals surface area contributed by atoms with Gasteiger partial charge in [0.15, 0.2) is 11.5 Å². The smallest absolute Gasteiger partial charge is 0.337 e. The first-order chi connectivity index (χ1) is 11.0. The van der Waals surface area contributed by atoms with E-state index in [9.17, 15) is 14.9 Å². The Kier molecular flexibility index (Phi) is 5.14. The molecule has 7 nitrogen and oxygen atoms in total. The summed E-state index contributed by atoms with van der Waals surface area (Å²) in [6.07, 6.45) is 0. The minimum Gasteiger partial charge on any atom is -0.493 e. The van der Waals surface area contributed by atoms with Gasteiger partial charge in [0, 0.05) is 6.07 Å². The molecule has 7 heteroatoms. The molecule has 0 amide bonds. The van der Waals surface area contributed by atoms with E-state index in [-0.39, 0.29) is 18.0 Å². The fourth-order valence-electron chi connectivity index (χ4n) is 1.91. The summed E-state index contributed by atoms with van der Waals surface area (Å²) in [7, 11) is 2.73. The van der Waals surface area contributed by atoms with Gasteiger partial charge < -0.3 is 14.2 Å². The van der Waals surface area contributed by atoms with Crippen LogP contribution in [0.4, 0.5) is 5.69 Å². The van der Waals surface area contributed by atoms with Crippen LogP contribution in [-0.2, 0) is 11.3 Å². The maximum absolute atomic E-state index is 11.3. The Morgan fingerprint density at radius 2 is 1.78 bits per heavy atom. The molecule has 23 heavy (non-hydrogen) atoms. The molecular formula is C16H15NO6. The summed E-state index contributed by atoms with van der Waals surface area (Å²) >= 11 is 0. The normalized spacial score (nSPS) is 10.0. The van der Waals surface area contributed by atoms with Gasteiger partial charge >= 0.3 is 5.97 Å². The van der Waals surface area contributed by atoms with Crippen LogP contribution in [0.1, 0.15) is 15.9 Å². The lowest BCUT2D eigenvalue weighted by Gasteiger charge is -2.10. The standard InChI is InChI=1S/C16H15NO6/c1-21-15-9-13(17(19)20)7-8-14(15)23-10-11-3-5-12(6-4-11)16(18)22-2/h3-9H,10H2,1-2H3. The summed E-state index contributed by atoms with van der Waals surface area (Å²) in [5.74, 6) is 0.273. The van der Waals surface area contributed by atoms with E-state index in [0.29, 0.717) is 11.3 Å². The average Bonchev–Trinajstić information content (AvgIpc) is 2.59. The van der Waals surface area contributed by atoms with Gasteiger partial charge in [-0.25, -0.2) is 4.79 Å². The predicted molar refractivity (Wildman–Crippen MR) is 81.8 cm³/mol. The Labute approximate surface area is 132 Å². The Morgan fingerprint density at radius 1 is 1.09 bits per heavy atom. The first kappa shape index (κ1) is 16.3. The van der Waals surface area contributed by atoms with Gasteiger partial charge in [0.1, 0.15) is 6.61 Å². The molecule has 0 saturated heterocycles. The molecule has 0 bridgehead atoms. The molecular weight excluding hydrogens is 302 g/mol. The summed E-state index contributed by atoms with van der Waals surface area (Å²) < 4.78 is 15.3. The maximum Gasteiger partial charge on any atom is 0.337 e. The van der Waals surface area contributed by atoms with Crippen molar-refractivity contribution < 1.29 is 23.9 Å². The largest absolute Gasteiger partial charge is 0.493 e. The second-order valence-corrected chi connectivity index (χ2v) is 4.57. The van der Waals surface area contributed by atoms with Crippen molar-refractivity contribution >= 4 is 11.7 Å². The summed E-state index contributed by atoms with van der Waals surface area (Å²) in [6.45, 7) is 0.232. The summed E-state index contributed by atoms with van der Waals surface area (Å²) in [4.78, 5) is 21.6. The zero-order valence-electron chi connectivity index (χ0n) is 12.6. The second kappa shape index (κ2) is 7.26. The highest BCUT2D eigenvalue weighted by Gasteiger charge is 2.12. The quantitative estimate of drug-likeness (QED) is 0.462. The molecule has 0 fully saturated rings. The number of non-ortho nitro benzene ring substituents is 1. The van der Waals surface area contributed by atoms with Crippen LogP contribution in [0.3, 0.4) is 0 Å². The molecule has 0 aliphatic carbocycles. The molecule has 0 aliphatic heterocycles. The summed E-state index contributed by atoms with van der Waals surface area (Å²) in [5, 5.41) is 10.7. The number of rotatable bonds is 6. The monoisotopic (exact) mass is 317 g/mol. The van der Waals surface area contributed by atoms with E-state index in [4.69, 9.17) is 9.47 Å². The second-order valence-electron chi connectivity index (χ2n) is 4.57. The first-order valence-electron chi connectivity index (χ1n) is 6.67. The van der Waals surface area contributed by atoms with Crippen molar-refractivity contribution in [1.82, 2.24) is 0 Å². The Morgan fingerprint density at radius 3 is 2.35 bits per heavy atom. The number of hydrogen-bond acceptors (Lipinski definition) is 6. The molecule has 0 aliphatic rings. The number of esters is 1. The number of carbonyl (C=O) groups is 1. The van der Waals surface area contributed by atoms with Gasteiger partial charge in [-0.2, -0.15) is 0 Å². The zero-order chi connectivity index (χ0) is 16.8. The van der Waals surface area contributed by atoms with E-state index in [2.05, 4.69) is 4.74 Å². The Balaban J connectivity index is 2.08. The molecule has 2 aromatic rings. The molecule has 0 saturated carbocycles. The number of methoxy groups -OCH3 is 2. The third-order valence-corrected chi connectivity index (χ3v) is 3.13. The van der Waals surface area contributed by atoms with Crippen LogP contribution in [-0.4, -0.2) is 25.1 Å². The highest BCUT2D eigenvalue weighted by atomic mass is 16.6. The topological polar surface area (TPSA) is 87.9 Å². The van der Waals surface area contributed by atoms with Gasteiger partial charge in [-0.3, -0.25) is 10.1 Å². The van der Waals surface area contributed by atoms with Crippen LogP contribution in [0, 0.1) is 10.1 Å². The Bertz CT molecular complexity index is 711. The summed E-state index contributed by atoms with van der Waals surface area (Å²) in [6, 6.07) is 10.9. The van der Waals surface area contributed by atoms with Crippen LogP contribution in [0.15, 0.2) is 42.5 Å². The van der Waals surface area contributed by atoms with E-state index in [0.717, 1.165) is 5.56 Å². The fourth-order valence-corrected chi connectivity index (χ4v) is 1.91. The average molecular weight is 317 g/mol. The molecule has 0 heterocycles. The molecule has 0 unspecified atom stereocenters. The van der Waals surface area contributed by atoms with Crippen molar-refractivity contribution in [3.8, 4) is 11.5 Å². The number of nitrogens with zero attached hydrogens (tertiary/aromatic N) is 1. The van der Waals surface area contributed by atoms with Crippen molar-refractivity contribution in [2.24, 2.45) is 0 Å². The van der Waals surface area contributed by atoms with Crippen molar-refractivity contribution in [3.63, 3.8) is 0 Å². The molecule has 120 valence electrons. The molecule has 2 aromatic carbocycles. The van der Waals surface area contributed by atoms with Crippen molar-refractivity contribution in [3.05, 3.63) is 63.7 Å². The van der Waals surface area contributed by atoms with Crippen LogP contribution in [0.2, 0.25) is 0 Å². The van der Waals surface area contributed by atoms with Gasteiger partial charge in [0.25, 0.3) is 5.69 Å². The number of carbonyl (C=O) groups excluding carboxylic acids is 1. The van der Waals surface area contributed by atoms with Gasteiger partial charge in [-0.1, -0.05) is 12.1 Å². The number of nitro benzene ring substituents is 1. The van der Waals surface area contributed by atoms with Gasteiger partial charge in [-0.05, 0) is 23.8 Å². The molecule has 0 spiro atoms. The third kappa shape index (κ3) is 3.97. The third-order valence-electron chi connectivity index (χ3n) is 3.13. The number of benzene rings is 2. The lowest BCUT2D eigenvalue weighted by atomic mass is 10.1. The van der Waals surface area contributed by atoms with Crippen molar-refractivity contribution in [1.29, 1.82) is 0 Å². The fraction of sp³-hybridized carbons (Fsp3) is 0.188. The molecule has 0 atom stereocenters. The molecule has 2 rings (SSSR count). The van der Waals surface area contributed by atoms with E-state index in [1.54, 1.807) is 24.3 Å². The van der Waals surface area contributed by atoms with E-state index in [1.807, 2.05) is 0 Å². The SMILES string of the molecule is COC(=O)c1ccc(COc2ccc([N+](=O)[O-])cc2OC)cc1. The predicted octanol–water partition coefficient (Wildman–Crippen LogP) is 2.97. The van der Waals surface area contributed by atoms with Gasteiger partial charge in [-0.15, -0.1) is 0 Å². The van der Waals surface area contributed by atoms with Gasteiger partial charge in [0.05, 0.1) is 30.8 Å². The van der Waals surface area contributed by atoms with E-state index < -0.39 is 10.9 Å². The Hall–Kier alpha value is -3.09. The van der Waals surface area contributed by atoms with Crippen LogP contribution < -0.4 is 9.47 Å². The first-order valence-corrected chi connectivity index (χ1v) is 6.67. The lowest BCUT2D eigenvalue weighted by molar-refractivity contribution is -0.385. The number of nitro groups is 1.